The third-order valence-electron chi connectivity index (χ3n) is 4.44. The highest BCUT2D eigenvalue weighted by Gasteiger charge is 2.23. The molecule has 0 saturated heterocycles. The van der Waals surface area contributed by atoms with Crippen LogP contribution in [0.15, 0.2) is 52.6 Å². The Morgan fingerprint density at radius 2 is 2.17 bits per heavy atom. The lowest BCUT2D eigenvalue weighted by atomic mass is 10.2. The van der Waals surface area contributed by atoms with Crippen LogP contribution in [-0.2, 0) is 16.4 Å². The summed E-state index contributed by atoms with van der Waals surface area (Å²) in [6.45, 7) is 3.28. The second kappa shape index (κ2) is 8.43. The molecule has 0 aliphatic heterocycles. The predicted octanol–water partition coefficient (Wildman–Crippen LogP) is 4.84. The Hall–Kier alpha value is -1.94. The van der Waals surface area contributed by atoms with Gasteiger partial charge >= 0.3 is 0 Å². The number of thiazole rings is 1. The van der Waals surface area contributed by atoms with Crippen molar-refractivity contribution >= 4 is 59.5 Å². The van der Waals surface area contributed by atoms with Gasteiger partial charge in [-0.1, -0.05) is 29.0 Å². The molecule has 3 aromatic heterocycles. The van der Waals surface area contributed by atoms with Gasteiger partial charge in [0.25, 0.3) is 0 Å². The number of sulfone groups is 1. The molecule has 0 aliphatic rings. The summed E-state index contributed by atoms with van der Waals surface area (Å²) in [4.78, 5) is 10.6. The van der Waals surface area contributed by atoms with E-state index in [9.17, 15) is 8.42 Å². The molecule has 4 rings (SSSR count). The van der Waals surface area contributed by atoms with Crippen LogP contribution in [0.3, 0.4) is 0 Å². The van der Waals surface area contributed by atoms with E-state index in [1.54, 1.807) is 30.0 Å². The molecule has 0 fully saturated rings. The van der Waals surface area contributed by atoms with Crippen LogP contribution in [-0.4, -0.2) is 35.4 Å². The summed E-state index contributed by atoms with van der Waals surface area (Å²) in [7, 11) is -3.44. The molecule has 0 bridgehead atoms. The van der Waals surface area contributed by atoms with Gasteiger partial charge in [-0.15, -0.1) is 11.3 Å². The molecule has 0 N–H and O–H groups in total. The van der Waals surface area contributed by atoms with Gasteiger partial charge in [-0.25, -0.2) is 18.4 Å². The number of nitrogens with zero attached hydrogens (tertiary/aromatic N) is 4. The molecule has 6 nitrogen and oxygen atoms in total. The molecule has 3 heterocycles. The van der Waals surface area contributed by atoms with Crippen LogP contribution >= 0.6 is 34.3 Å². The second-order valence-electron chi connectivity index (χ2n) is 6.66. The van der Waals surface area contributed by atoms with E-state index in [1.165, 1.54) is 22.7 Å². The monoisotopic (exact) mass is 466 g/mol. The number of benzene rings is 1. The molecule has 1 aromatic carbocycles. The van der Waals surface area contributed by atoms with E-state index in [0.717, 1.165) is 28.7 Å². The van der Waals surface area contributed by atoms with E-state index in [2.05, 4.69) is 4.98 Å². The smallest absolute Gasteiger partial charge is 0.205 e. The Morgan fingerprint density at radius 1 is 1.31 bits per heavy atom. The third kappa shape index (κ3) is 4.63. The number of rotatable bonds is 8. The number of aryl methyl sites for hydroxylation is 2. The number of thiophene rings is 1. The summed E-state index contributed by atoms with van der Waals surface area (Å²) in [5.41, 5.74) is 1.84. The summed E-state index contributed by atoms with van der Waals surface area (Å²) in [5, 5.41) is 3.12. The van der Waals surface area contributed by atoms with Crippen molar-refractivity contribution in [2.75, 3.05) is 17.3 Å². The average molecular weight is 467 g/mol. The van der Waals surface area contributed by atoms with E-state index in [-0.39, 0.29) is 5.88 Å². The van der Waals surface area contributed by atoms with E-state index in [0.29, 0.717) is 20.9 Å². The van der Waals surface area contributed by atoms with Crippen molar-refractivity contribution in [3.63, 3.8) is 0 Å². The molecule has 152 valence electrons. The Kier molecular flexibility index (Phi) is 5.91. The fourth-order valence-corrected chi connectivity index (χ4v) is 7.03. The summed E-state index contributed by atoms with van der Waals surface area (Å²) < 4.78 is 29.1. The van der Waals surface area contributed by atoms with Crippen LogP contribution in [0.4, 0.5) is 5.13 Å². The molecule has 0 radical (unpaired) electrons. The first kappa shape index (κ1) is 20.3. The first-order chi connectivity index (χ1) is 13.9. The zero-order valence-corrected chi connectivity index (χ0v) is 18.9. The van der Waals surface area contributed by atoms with E-state index in [4.69, 9.17) is 16.6 Å². The van der Waals surface area contributed by atoms with Crippen molar-refractivity contribution in [3.8, 4) is 0 Å². The number of hydrogen-bond acceptors (Lipinski definition) is 7. The maximum absolute atomic E-state index is 12.9. The van der Waals surface area contributed by atoms with E-state index in [1.807, 2.05) is 34.7 Å². The Morgan fingerprint density at radius 3 is 2.90 bits per heavy atom. The molecule has 10 heteroatoms. The van der Waals surface area contributed by atoms with Crippen LogP contribution < -0.4 is 4.90 Å². The molecular weight excluding hydrogens is 448 g/mol. The van der Waals surface area contributed by atoms with Crippen LogP contribution in [0.2, 0.25) is 5.02 Å². The predicted molar refractivity (Wildman–Crippen MR) is 120 cm³/mol. The maximum atomic E-state index is 12.9. The number of hydrogen-bond donors (Lipinski definition) is 0. The third-order valence-corrected chi connectivity index (χ3v) is 8.83. The van der Waals surface area contributed by atoms with Crippen molar-refractivity contribution in [1.29, 1.82) is 0 Å². The van der Waals surface area contributed by atoms with E-state index >= 15 is 0 Å². The Bertz CT molecular complexity index is 1200. The summed E-state index contributed by atoms with van der Waals surface area (Å²) in [6, 6.07) is 7.15. The topological polar surface area (TPSA) is 68.1 Å². The first-order valence-corrected chi connectivity index (χ1v) is 12.7. The molecule has 4 aromatic rings. The van der Waals surface area contributed by atoms with Gasteiger partial charge in [-0.2, -0.15) is 0 Å². The summed E-state index contributed by atoms with van der Waals surface area (Å²) in [5.74, 6) is -0.107. The van der Waals surface area contributed by atoms with Gasteiger partial charge in [0.15, 0.2) is 5.13 Å². The molecule has 0 atom stereocenters. The average Bonchev–Trinajstić information content (AvgIpc) is 3.42. The second-order valence-corrected chi connectivity index (χ2v) is 11.2. The number of halogens is 1. The van der Waals surface area contributed by atoms with Gasteiger partial charge in [0.05, 0.1) is 16.5 Å². The SMILES string of the molecule is Cc1cc(Cl)cc2sc(N(CCCn3ccnc3)CS(=O)(=O)c3cccs3)nc12. The van der Waals surface area contributed by atoms with Gasteiger partial charge in [-0.05, 0) is 42.5 Å². The van der Waals surface area contributed by atoms with Gasteiger partial charge in [0.2, 0.25) is 9.84 Å². The summed E-state index contributed by atoms with van der Waals surface area (Å²) in [6.07, 6.45) is 6.16. The lowest BCUT2D eigenvalue weighted by Gasteiger charge is -2.21. The van der Waals surface area contributed by atoms with Gasteiger partial charge in [-0.3, -0.25) is 0 Å². The zero-order chi connectivity index (χ0) is 20.4. The van der Waals surface area contributed by atoms with Crippen LogP contribution in [0.5, 0.6) is 0 Å². The fourth-order valence-electron chi connectivity index (χ4n) is 3.07. The quantitative estimate of drug-likeness (QED) is 0.371. The van der Waals surface area contributed by atoms with Crippen LogP contribution in [0, 0.1) is 6.92 Å². The van der Waals surface area contributed by atoms with E-state index < -0.39 is 9.84 Å². The highest BCUT2D eigenvalue weighted by Crippen LogP contribution is 2.34. The van der Waals surface area contributed by atoms with Crippen LogP contribution in [0.1, 0.15) is 12.0 Å². The Labute approximate surface area is 182 Å². The molecule has 0 aliphatic carbocycles. The fraction of sp³-hybridized carbons (Fsp3) is 0.263. The lowest BCUT2D eigenvalue weighted by molar-refractivity contribution is 0.589. The lowest BCUT2D eigenvalue weighted by Crippen LogP contribution is -2.31. The standard InChI is InChI=1S/C19H19ClN4O2S3/c1-14-10-15(20)11-16-18(14)22-19(28-16)24(7-3-6-23-8-5-21-12-23)13-29(25,26)17-4-2-9-27-17/h2,4-5,8-12H,3,6-7,13H2,1H3. The largest absolute Gasteiger partial charge is 0.337 e. The molecule has 0 spiro atoms. The van der Waals surface area contributed by atoms with Crippen molar-refractivity contribution in [3.05, 3.63) is 59.0 Å². The molecule has 29 heavy (non-hydrogen) atoms. The van der Waals surface area contributed by atoms with Crippen molar-refractivity contribution in [1.82, 2.24) is 14.5 Å². The highest BCUT2D eigenvalue weighted by atomic mass is 35.5. The number of aromatic nitrogens is 3. The highest BCUT2D eigenvalue weighted by molar-refractivity contribution is 7.93. The molecule has 0 amide bonds. The van der Waals surface area contributed by atoms with Gasteiger partial charge in [0.1, 0.15) is 10.1 Å². The Balaban J connectivity index is 1.63. The van der Waals surface area contributed by atoms with Crippen molar-refractivity contribution in [2.24, 2.45) is 0 Å². The molecule has 0 saturated carbocycles. The van der Waals surface area contributed by atoms with Gasteiger partial charge < -0.3 is 9.47 Å². The zero-order valence-electron chi connectivity index (χ0n) is 15.7. The number of imidazole rings is 1. The first-order valence-electron chi connectivity index (χ1n) is 8.96. The van der Waals surface area contributed by atoms with Gasteiger partial charge in [0, 0.05) is 30.5 Å². The minimum Gasteiger partial charge on any atom is -0.337 e. The maximum Gasteiger partial charge on any atom is 0.205 e. The normalized spacial score (nSPS) is 11.9. The van der Waals surface area contributed by atoms with Crippen LogP contribution in [0.25, 0.3) is 10.2 Å². The molecule has 0 unspecified atom stereocenters. The number of anilines is 1. The number of fused-ring (bicyclic) bond motifs is 1. The van der Waals surface area contributed by atoms with Crippen molar-refractivity contribution < 1.29 is 8.42 Å². The summed E-state index contributed by atoms with van der Waals surface area (Å²) >= 11 is 8.90. The minimum atomic E-state index is -3.44. The van der Waals surface area contributed by atoms with Crippen molar-refractivity contribution in [2.45, 2.75) is 24.1 Å². The molecular formula is C19H19ClN4O2S3. The minimum absolute atomic E-state index is 0.107.